The number of hydrogen-bond acceptors (Lipinski definition) is 3. The summed E-state index contributed by atoms with van der Waals surface area (Å²) < 4.78 is 2.82. The molecule has 2 N–H and O–H groups in total. The lowest BCUT2D eigenvalue weighted by Crippen LogP contribution is -2.02. The molecule has 0 radical (unpaired) electrons. The lowest BCUT2D eigenvalue weighted by molar-refractivity contribution is 1.07. The van der Waals surface area contributed by atoms with Gasteiger partial charge < -0.3 is 5.73 Å². The summed E-state index contributed by atoms with van der Waals surface area (Å²) in [6.07, 6.45) is 1.74. The van der Waals surface area contributed by atoms with Crippen LogP contribution in [0, 0.1) is 6.92 Å². The largest absolute Gasteiger partial charge is 0.369 e. The fourth-order valence-electron chi connectivity index (χ4n) is 1.96. The van der Waals surface area contributed by atoms with Gasteiger partial charge in [-0.1, -0.05) is 6.07 Å². The number of anilines is 1. The molecule has 0 amide bonds. The van der Waals surface area contributed by atoms with Crippen molar-refractivity contribution in [1.82, 2.24) is 14.5 Å². The smallest absolute Gasteiger partial charge is 0.207 e. The standard InChI is InChI=1S/C13H11BrN4/c1-8-4-5-9(14)11(7-8)18-12-10(17-13(18)15)3-2-6-16-12/h2-7H,1H3,(H2,15,17). The monoisotopic (exact) mass is 302 g/mol. The van der Waals surface area contributed by atoms with Gasteiger partial charge in [-0.3, -0.25) is 4.57 Å². The number of aryl methyl sites for hydroxylation is 1. The molecule has 0 saturated heterocycles. The number of aromatic nitrogens is 3. The summed E-state index contributed by atoms with van der Waals surface area (Å²) in [6, 6.07) is 9.84. The van der Waals surface area contributed by atoms with Crippen LogP contribution < -0.4 is 5.73 Å². The number of nitrogens with two attached hydrogens (primary N) is 1. The van der Waals surface area contributed by atoms with Crippen LogP contribution >= 0.6 is 15.9 Å². The van der Waals surface area contributed by atoms with Crippen molar-refractivity contribution in [3.8, 4) is 5.69 Å². The van der Waals surface area contributed by atoms with Crippen molar-refractivity contribution in [1.29, 1.82) is 0 Å². The first kappa shape index (κ1) is 11.2. The highest BCUT2D eigenvalue weighted by atomic mass is 79.9. The van der Waals surface area contributed by atoms with E-state index < -0.39 is 0 Å². The second kappa shape index (κ2) is 4.10. The van der Waals surface area contributed by atoms with Crippen LogP contribution in [0.5, 0.6) is 0 Å². The van der Waals surface area contributed by atoms with E-state index in [-0.39, 0.29) is 0 Å². The van der Waals surface area contributed by atoms with E-state index in [1.165, 1.54) is 0 Å². The van der Waals surface area contributed by atoms with Crippen molar-refractivity contribution < 1.29 is 0 Å². The summed E-state index contributed by atoms with van der Waals surface area (Å²) in [5.41, 5.74) is 9.67. The van der Waals surface area contributed by atoms with Crippen LogP contribution in [0.2, 0.25) is 0 Å². The number of halogens is 1. The molecule has 4 nitrogen and oxygen atoms in total. The van der Waals surface area contributed by atoms with Gasteiger partial charge in [0, 0.05) is 10.7 Å². The van der Waals surface area contributed by atoms with Crippen molar-refractivity contribution in [2.24, 2.45) is 0 Å². The minimum Gasteiger partial charge on any atom is -0.369 e. The summed E-state index contributed by atoms with van der Waals surface area (Å²) in [6.45, 7) is 2.04. The zero-order valence-corrected chi connectivity index (χ0v) is 11.3. The van der Waals surface area contributed by atoms with Crippen LogP contribution in [0.1, 0.15) is 5.56 Å². The van der Waals surface area contributed by atoms with Crippen LogP contribution in [0.4, 0.5) is 5.95 Å². The van der Waals surface area contributed by atoms with Crippen LogP contribution in [0.25, 0.3) is 16.9 Å². The quantitative estimate of drug-likeness (QED) is 0.751. The Balaban J connectivity index is 2.37. The predicted octanol–water partition coefficient (Wildman–Crippen LogP) is 3.07. The fraction of sp³-hybridized carbons (Fsp3) is 0.0769. The Labute approximate surface area is 113 Å². The predicted molar refractivity (Wildman–Crippen MR) is 75.7 cm³/mol. The Morgan fingerprint density at radius 3 is 2.94 bits per heavy atom. The van der Waals surface area contributed by atoms with Crippen molar-refractivity contribution in [3.05, 3.63) is 46.6 Å². The van der Waals surface area contributed by atoms with Crippen molar-refractivity contribution >= 4 is 33.0 Å². The molecule has 0 aliphatic rings. The van der Waals surface area contributed by atoms with E-state index in [2.05, 4.69) is 32.0 Å². The first-order valence-electron chi connectivity index (χ1n) is 5.52. The number of fused-ring (bicyclic) bond motifs is 1. The summed E-state index contributed by atoms with van der Waals surface area (Å²) in [4.78, 5) is 8.67. The molecular formula is C13H11BrN4. The number of benzene rings is 1. The van der Waals surface area contributed by atoms with Gasteiger partial charge in [0.15, 0.2) is 5.65 Å². The first-order chi connectivity index (χ1) is 8.66. The van der Waals surface area contributed by atoms with Gasteiger partial charge in [-0.2, -0.15) is 0 Å². The lowest BCUT2D eigenvalue weighted by atomic mass is 10.2. The topological polar surface area (TPSA) is 56.7 Å². The number of nitrogens with zero attached hydrogens (tertiary/aromatic N) is 3. The molecule has 0 fully saturated rings. The Kier molecular flexibility index (Phi) is 2.56. The molecule has 18 heavy (non-hydrogen) atoms. The van der Waals surface area contributed by atoms with Crippen LogP contribution in [0.3, 0.4) is 0 Å². The van der Waals surface area contributed by atoms with Gasteiger partial charge in [-0.25, -0.2) is 9.97 Å². The Morgan fingerprint density at radius 2 is 2.11 bits per heavy atom. The molecule has 0 saturated carbocycles. The van der Waals surface area contributed by atoms with E-state index in [0.717, 1.165) is 26.9 Å². The molecule has 3 aromatic rings. The van der Waals surface area contributed by atoms with Gasteiger partial charge in [0.1, 0.15) is 5.52 Å². The number of imidazole rings is 1. The maximum absolute atomic E-state index is 6.00. The number of pyridine rings is 1. The van der Waals surface area contributed by atoms with Crippen molar-refractivity contribution in [2.45, 2.75) is 6.92 Å². The Bertz CT molecular complexity index is 733. The molecule has 0 atom stereocenters. The van der Waals surface area contributed by atoms with E-state index in [4.69, 9.17) is 5.73 Å². The maximum atomic E-state index is 6.00. The Morgan fingerprint density at radius 1 is 1.28 bits per heavy atom. The van der Waals surface area contributed by atoms with Gasteiger partial charge in [0.05, 0.1) is 5.69 Å². The summed E-state index contributed by atoms with van der Waals surface area (Å²) >= 11 is 3.54. The van der Waals surface area contributed by atoms with Gasteiger partial charge in [-0.15, -0.1) is 0 Å². The van der Waals surface area contributed by atoms with E-state index in [1.807, 2.05) is 35.8 Å². The average Bonchev–Trinajstić information content (AvgIpc) is 2.68. The van der Waals surface area contributed by atoms with E-state index >= 15 is 0 Å². The highest BCUT2D eigenvalue weighted by Crippen LogP contribution is 2.27. The fourth-order valence-corrected chi connectivity index (χ4v) is 2.39. The van der Waals surface area contributed by atoms with Gasteiger partial charge in [0.25, 0.3) is 0 Å². The molecule has 0 aliphatic heterocycles. The van der Waals surface area contributed by atoms with E-state index in [1.54, 1.807) is 6.20 Å². The van der Waals surface area contributed by atoms with Gasteiger partial charge >= 0.3 is 0 Å². The minimum absolute atomic E-state index is 0.440. The summed E-state index contributed by atoms with van der Waals surface area (Å²) in [5.74, 6) is 0.440. The zero-order chi connectivity index (χ0) is 12.7. The molecule has 2 aromatic heterocycles. The molecule has 1 aromatic carbocycles. The third-order valence-corrected chi connectivity index (χ3v) is 3.46. The molecule has 5 heteroatoms. The first-order valence-corrected chi connectivity index (χ1v) is 6.31. The molecule has 2 heterocycles. The van der Waals surface area contributed by atoms with E-state index in [0.29, 0.717) is 5.95 Å². The highest BCUT2D eigenvalue weighted by Gasteiger charge is 2.13. The molecule has 90 valence electrons. The van der Waals surface area contributed by atoms with Gasteiger partial charge in [0.2, 0.25) is 5.95 Å². The highest BCUT2D eigenvalue weighted by molar-refractivity contribution is 9.10. The normalized spacial score (nSPS) is 11.0. The molecular weight excluding hydrogens is 292 g/mol. The third kappa shape index (κ3) is 1.67. The zero-order valence-electron chi connectivity index (χ0n) is 9.76. The summed E-state index contributed by atoms with van der Waals surface area (Å²) in [5, 5.41) is 0. The van der Waals surface area contributed by atoms with Crippen molar-refractivity contribution in [3.63, 3.8) is 0 Å². The lowest BCUT2D eigenvalue weighted by Gasteiger charge is -2.09. The molecule has 0 bridgehead atoms. The molecule has 0 spiro atoms. The second-order valence-corrected chi connectivity index (χ2v) is 4.96. The molecule has 0 unspecified atom stereocenters. The second-order valence-electron chi connectivity index (χ2n) is 4.11. The van der Waals surface area contributed by atoms with Crippen molar-refractivity contribution in [2.75, 3.05) is 5.73 Å². The molecule has 0 aliphatic carbocycles. The van der Waals surface area contributed by atoms with Crippen LogP contribution in [-0.2, 0) is 0 Å². The van der Waals surface area contributed by atoms with Crippen LogP contribution in [-0.4, -0.2) is 14.5 Å². The number of hydrogen-bond donors (Lipinski definition) is 1. The van der Waals surface area contributed by atoms with Crippen LogP contribution in [0.15, 0.2) is 41.0 Å². The SMILES string of the molecule is Cc1ccc(Br)c(-n2c(N)nc3cccnc32)c1. The maximum Gasteiger partial charge on any atom is 0.207 e. The summed E-state index contributed by atoms with van der Waals surface area (Å²) in [7, 11) is 0. The average molecular weight is 303 g/mol. The minimum atomic E-state index is 0.440. The number of nitrogen functional groups attached to an aromatic ring is 1. The van der Waals surface area contributed by atoms with Gasteiger partial charge in [-0.05, 0) is 52.7 Å². The number of rotatable bonds is 1. The third-order valence-electron chi connectivity index (χ3n) is 2.78. The van der Waals surface area contributed by atoms with E-state index in [9.17, 15) is 0 Å². The molecule has 3 rings (SSSR count). The Hall–Kier alpha value is -1.88.